The molecule has 0 saturated carbocycles. The number of benzene rings is 2. The fraction of sp³-hybridized carbons (Fsp3) is 0.125. The Morgan fingerprint density at radius 2 is 1.90 bits per heavy atom. The SMILES string of the molecule is CNc1ccc(C)cc1.O=Cc1ccc2ncsc2c1. The zero-order valence-corrected chi connectivity index (χ0v) is 12.3. The average molecular weight is 284 g/mol. The van der Waals surface area contributed by atoms with Gasteiger partial charge in [0.1, 0.15) is 6.29 Å². The number of carbonyl (C=O) groups excluding carboxylic acids is 1. The normalized spacial score (nSPS) is 9.70. The molecule has 4 heteroatoms. The number of nitrogens with zero attached hydrogens (tertiary/aromatic N) is 1. The monoisotopic (exact) mass is 284 g/mol. The quantitative estimate of drug-likeness (QED) is 0.719. The lowest BCUT2D eigenvalue weighted by atomic mass is 10.2. The number of anilines is 1. The van der Waals surface area contributed by atoms with Gasteiger partial charge in [0, 0.05) is 18.3 Å². The number of aryl methyl sites for hydroxylation is 1. The van der Waals surface area contributed by atoms with Crippen LogP contribution in [0.5, 0.6) is 0 Å². The fourth-order valence-corrected chi connectivity index (χ4v) is 2.39. The molecule has 0 aliphatic rings. The third-order valence-electron chi connectivity index (χ3n) is 2.83. The first-order chi connectivity index (χ1) is 9.72. The molecule has 0 saturated heterocycles. The zero-order valence-electron chi connectivity index (χ0n) is 11.5. The molecular formula is C16H16N2OS. The van der Waals surface area contributed by atoms with E-state index in [1.54, 1.807) is 22.9 Å². The van der Waals surface area contributed by atoms with Crippen molar-refractivity contribution in [2.24, 2.45) is 0 Å². The summed E-state index contributed by atoms with van der Waals surface area (Å²) < 4.78 is 1.06. The Labute approximate surface area is 122 Å². The third kappa shape index (κ3) is 3.65. The van der Waals surface area contributed by atoms with Crippen LogP contribution in [0.25, 0.3) is 10.2 Å². The number of aromatic nitrogens is 1. The fourth-order valence-electron chi connectivity index (χ4n) is 1.67. The molecule has 102 valence electrons. The van der Waals surface area contributed by atoms with E-state index in [2.05, 4.69) is 41.5 Å². The van der Waals surface area contributed by atoms with Crippen molar-refractivity contribution in [2.45, 2.75) is 6.92 Å². The molecule has 0 fully saturated rings. The van der Waals surface area contributed by atoms with Crippen LogP contribution in [0.1, 0.15) is 15.9 Å². The van der Waals surface area contributed by atoms with E-state index in [0.29, 0.717) is 5.56 Å². The van der Waals surface area contributed by atoms with Crippen LogP contribution >= 0.6 is 11.3 Å². The number of aldehydes is 1. The van der Waals surface area contributed by atoms with E-state index < -0.39 is 0 Å². The second-order valence-corrected chi connectivity index (χ2v) is 5.20. The van der Waals surface area contributed by atoms with Gasteiger partial charge in [0.05, 0.1) is 15.7 Å². The smallest absolute Gasteiger partial charge is 0.150 e. The zero-order chi connectivity index (χ0) is 14.4. The first-order valence-corrected chi connectivity index (χ1v) is 7.14. The summed E-state index contributed by atoms with van der Waals surface area (Å²) in [6.07, 6.45) is 0.846. The molecule has 0 aliphatic carbocycles. The van der Waals surface area contributed by atoms with Gasteiger partial charge in [-0.1, -0.05) is 17.7 Å². The molecule has 1 heterocycles. The van der Waals surface area contributed by atoms with Crippen molar-refractivity contribution in [1.29, 1.82) is 0 Å². The van der Waals surface area contributed by atoms with Gasteiger partial charge in [-0.3, -0.25) is 4.79 Å². The van der Waals surface area contributed by atoms with E-state index in [1.165, 1.54) is 11.3 Å². The average Bonchev–Trinajstić information content (AvgIpc) is 2.96. The summed E-state index contributed by atoms with van der Waals surface area (Å²) in [4.78, 5) is 14.5. The van der Waals surface area contributed by atoms with Crippen LogP contribution in [-0.4, -0.2) is 18.3 Å². The van der Waals surface area contributed by atoms with Crippen molar-refractivity contribution in [2.75, 3.05) is 12.4 Å². The molecule has 2 aromatic carbocycles. The number of hydrogen-bond acceptors (Lipinski definition) is 4. The highest BCUT2D eigenvalue weighted by Gasteiger charge is 1.96. The summed E-state index contributed by atoms with van der Waals surface area (Å²) in [7, 11) is 1.92. The maximum Gasteiger partial charge on any atom is 0.150 e. The van der Waals surface area contributed by atoms with Crippen molar-refractivity contribution in [3.63, 3.8) is 0 Å². The molecule has 0 amide bonds. The maximum atomic E-state index is 10.4. The highest BCUT2D eigenvalue weighted by molar-refractivity contribution is 7.16. The van der Waals surface area contributed by atoms with Crippen molar-refractivity contribution in [3.05, 3.63) is 59.1 Å². The van der Waals surface area contributed by atoms with Gasteiger partial charge >= 0.3 is 0 Å². The summed E-state index contributed by atoms with van der Waals surface area (Å²) >= 11 is 1.55. The molecule has 0 unspecified atom stereocenters. The largest absolute Gasteiger partial charge is 0.388 e. The number of fused-ring (bicyclic) bond motifs is 1. The predicted molar refractivity (Wildman–Crippen MR) is 85.7 cm³/mol. The van der Waals surface area contributed by atoms with E-state index in [9.17, 15) is 4.79 Å². The van der Waals surface area contributed by atoms with Gasteiger partial charge in [0.2, 0.25) is 0 Å². The number of rotatable bonds is 2. The van der Waals surface area contributed by atoms with Crippen molar-refractivity contribution >= 4 is 33.5 Å². The Morgan fingerprint density at radius 3 is 2.55 bits per heavy atom. The van der Waals surface area contributed by atoms with Crippen molar-refractivity contribution in [3.8, 4) is 0 Å². The van der Waals surface area contributed by atoms with Gasteiger partial charge < -0.3 is 5.32 Å². The molecule has 3 nitrogen and oxygen atoms in total. The van der Waals surface area contributed by atoms with E-state index in [1.807, 2.05) is 19.2 Å². The minimum absolute atomic E-state index is 0.710. The standard InChI is InChI=1S/C8H5NOS.C8H11N/c10-4-6-1-2-7-8(3-6)11-5-9-7;1-7-3-5-8(9-2)6-4-7/h1-5H;3-6,9H,1-2H3. The van der Waals surface area contributed by atoms with Gasteiger partial charge in [0.15, 0.2) is 0 Å². The van der Waals surface area contributed by atoms with Gasteiger partial charge in [-0.2, -0.15) is 0 Å². The number of thiazole rings is 1. The molecule has 0 bridgehead atoms. The lowest BCUT2D eigenvalue weighted by molar-refractivity contribution is 0.112. The summed E-state index contributed by atoms with van der Waals surface area (Å²) in [5.74, 6) is 0. The van der Waals surface area contributed by atoms with E-state index in [0.717, 1.165) is 16.5 Å². The van der Waals surface area contributed by atoms with Crippen LogP contribution in [-0.2, 0) is 0 Å². The summed E-state index contributed by atoms with van der Waals surface area (Å²) in [5.41, 5.74) is 5.91. The maximum absolute atomic E-state index is 10.4. The van der Waals surface area contributed by atoms with E-state index in [-0.39, 0.29) is 0 Å². The Balaban J connectivity index is 0.000000151. The van der Waals surface area contributed by atoms with Gasteiger partial charge in [0.25, 0.3) is 0 Å². The predicted octanol–water partition coefficient (Wildman–Crippen LogP) is 4.15. The Hall–Kier alpha value is -2.20. The number of carbonyl (C=O) groups is 1. The topological polar surface area (TPSA) is 42.0 Å². The Morgan fingerprint density at radius 1 is 1.15 bits per heavy atom. The third-order valence-corrected chi connectivity index (χ3v) is 3.62. The van der Waals surface area contributed by atoms with Crippen molar-refractivity contribution < 1.29 is 4.79 Å². The minimum atomic E-state index is 0.710. The number of hydrogen-bond donors (Lipinski definition) is 1. The van der Waals surface area contributed by atoms with Gasteiger partial charge in [-0.15, -0.1) is 11.3 Å². The molecule has 0 aliphatic heterocycles. The number of nitrogens with one attached hydrogen (secondary N) is 1. The molecule has 0 spiro atoms. The highest BCUT2D eigenvalue weighted by Crippen LogP contribution is 2.17. The van der Waals surface area contributed by atoms with Crippen LogP contribution in [0.2, 0.25) is 0 Å². The first-order valence-electron chi connectivity index (χ1n) is 6.26. The first kappa shape index (κ1) is 14.2. The summed E-state index contributed by atoms with van der Waals surface area (Å²) in [6.45, 7) is 2.08. The Kier molecular flexibility index (Phi) is 4.85. The second-order valence-electron chi connectivity index (χ2n) is 4.31. The summed E-state index contributed by atoms with van der Waals surface area (Å²) in [5, 5.41) is 3.05. The molecule has 3 rings (SSSR count). The van der Waals surface area contributed by atoms with Crippen LogP contribution in [0.3, 0.4) is 0 Å². The van der Waals surface area contributed by atoms with Gasteiger partial charge in [-0.05, 0) is 37.3 Å². The van der Waals surface area contributed by atoms with E-state index >= 15 is 0 Å². The van der Waals surface area contributed by atoms with Crippen LogP contribution in [0.15, 0.2) is 48.0 Å². The highest BCUT2D eigenvalue weighted by atomic mass is 32.1. The minimum Gasteiger partial charge on any atom is -0.388 e. The molecule has 0 radical (unpaired) electrons. The van der Waals surface area contributed by atoms with Crippen LogP contribution in [0.4, 0.5) is 5.69 Å². The van der Waals surface area contributed by atoms with Crippen molar-refractivity contribution in [1.82, 2.24) is 4.98 Å². The molecule has 1 aromatic heterocycles. The summed E-state index contributed by atoms with van der Waals surface area (Å²) in [6, 6.07) is 13.8. The lowest BCUT2D eigenvalue weighted by Gasteiger charge is -1.97. The lowest BCUT2D eigenvalue weighted by Crippen LogP contribution is -1.85. The molecule has 20 heavy (non-hydrogen) atoms. The van der Waals surface area contributed by atoms with Gasteiger partial charge in [-0.25, -0.2) is 4.98 Å². The second kappa shape index (κ2) is 6.82. The van der Waals surface area contributed by atoms with Crippen LogP contribution < -0.4 is 5.32 Å². The molecule has 0 atom stereocenters. The van der Waals surface area contributed by atoms with Crippen LogP contribution in [0, 0.1) is 6.92 Å². The van der Waals surface area contributed by atoms with E-state index in [4.69, 9.17) is 0 Å². The Bertz CT molecular complexity index is 689. The molecular weight excluding hydrogens is 268 g/mol. The molecule has 1 N–H and O–H groups in total. The molecule has 3 aromatic rings.